The quantitative estimate of drug-likeness (QED) is 0.921. The van der Waals surface area contributed by atoms with Crippen molar-refractivity contribution in [3.8, 4) is 0 Å². The van der Waals surface area contributed by atoms with Gasteiger partial charge in [0.25, 0.3) is 5.91 Å². The van der Waals surface area contributed by atoms with Crippen LogP contribution in [-0.4, -0.2) is 45.8 Å². The first-order valence-corrected chi connectivity index (χ1v) is 7.58. The molecule has 1 amide bonds. The van der Waals surface area contributed by atoms with E-state index in [2.05, 4.69) is 31.2 Å². The largest absolute Gasteiger partial charge is 0.345 e. The number of carbonyl (C=O) groups excluding carboxylic acids is 1. The Morgan fingerprint density at radius 1 is 1.47 bits per heavy atom. The standard InChI is InChI=1S/C13H19BrN4O/c1-9(2)18-11(14)10(7-15-18)12(19)16-13-3-5-17(8-13)6-4-13/h7,9H,3-6,8H2,1-2H3,(H,16,19). The smallest absolute Gasteiger partial charge is 0.256 e. The maximum absolute atomic E-state index is 12.4. The fourth-order valence-electron chi connectivity index (χ4n) is 3.06. The molecule has 2 aliphatic rings. The van der Waals surface area contributed by atoms with Crippen molar-refractivity contribution in [1.82, 2.24) is 20.0 Å². The second-order valence-corrected chi connectivity index (χ2v) is 6.65. The summed E-state index contributed by atoms with van der Waals surface area (Å²) in [6.45, 7) is 7.29. The van der Waals surface area contributed by atoms with Gasteiger partial charge in [-0.15, -0.1) is 0 Å². The highest BCUT2D eigenvalue weighted by Crippen LogP contribution is 2.32. The van der Waals surface area contributed by atoms with Crippen LogP contribution in [0.5, 0.6) is 0 Å². The summed E-state index contributed by atoms with van der Waals surface area (Å²) in [4.78, 5) is 14.8. The monoisotopic (exact) mass is 326 g/mol. The maximum atomic E-state index is 12.4. The molecule has 0 unspecified atom stereocenters. The molecule has 104 valence electrons. The van der Waals surface area contributed by atoms with Gasteiger partial charge in [0.15, 0.2) is 0 Å². The number of carbonyl (C=O) groups is 1. The molecule has 0 radical (unpaired) electrons. The average molecular weight is 327 g/mol. The molecular formula is C13H19BrN4O. The number of piperidine rings is 1. The van der Waals surface area contributed by atoms with Crippen LogP contribution in [-0.2, 0) is 0 Å². The molecule has 0 atom stereocenters. The van der Waals surface area contributed by atoms with Crippen molar-refractivity contribution in [2.45, 2.75) is 38.3 Å². The minimum atomic E-state index is -0.0116. The number of hydrogen-bond donors (Lipinski definition) is 1. The van der Waals surface area contributed by atoms with Gasteiger partial charge in [0, 0.05) is 25.7 Å². The highest BCUT2D eigenvalue weighted by molar-refractivity contribution is 9.10. The fourth-order valence-corrected chi connectivity index (χ4v) is 3.84. The van der Waals surface area contributed by atoms with Crippen LogP contribution in [0.1, 0.15) is 43.1 Å². The second-order valence-electron chi connectivity index (χ2n) is 5.90. The van der Waals surface area contributed by atoms with E-state index in [0.717, 1.165) is 37.1 Å². The third kappa shape index (κ3) is 2.21. The molecule has 1 aromatic rings. The molecule has 2 fully saturated rings. The summed E-state index contributed by atoms with van der Waals surface area (Å²) in [6, 6.07) is 0.238. The van der Waals surface area contributed by atoms with Gasteiger partial charge in [0.1, 0.15) is 4.60 Å². The Bertz CT molecular complexity index is 503. The third-order valence-electron chi connectivity index (χ3n) is 4.19. The lowest BCUT2D eigenvalue weighted by Gasteiger charge is -2.26. The molecule has 3 heterocycles. The van der Waals surface area contributed by atoms with Crippen LogP contribution < -0.4 is 5.32 Å². The lowest BCUT2D eigenvalue weighted by atomic mass is 9.95. The van der Waals surface area contributed by atoms with E-state index in [1.807, 2.05) is 18.5 Å². The highest BCUT2D eigenvalue weighted by Gasteiger charge is 2.44. The van der Waals surface area contributed by atoms with Crippen LogP contribution in [0.3, 0.4) is 0 Å². The SMILES string of the molecule is CC(C)n1ncc(C(=O)NC23CCN(CC2)C3)c1Br. The number of nitrogens with zero attached hydrogens (tertiary/aromatic N) is 3. The molecule has 1 aromatic heterocycles. The molecule has 0 saturated carbocycles. The normalized spacial score (nSPS) is 29.2. The Morgan fingerprint density at radius 3 is 2.63 bits per heavy atom. The Balaban J connectivity index is 1.77. The predicted octanol–water partition coefficient (Wildman–Crippen LogP) is 1.80. The van der Waals surface area contributed by atoms with Gasteiger partial charge in [-0.05, 0) is 42.6 Å². The van der Waals surface area contributed by atoms with Gasteiger partial charge in [0.05, 0.1) is 17.3 Å². The minimum absolute atomic E-state index is 0.00352. The third-order valence-corrected chi connectivity index (χ3v) is 4.98. The molecule has 2 saturated heterocycles. The van der Waals surface area contributed by atoms with Crippen LogP contribution >= 0.6 is 15.9 Å². The summed E-state index contributed by atoms with van der Waals surface area (Å²) >= 11 is 3.48. The number of rotatable bonds is 3. The van der Waals surface area contributed by atoms with Crippen LogP contribution in [0.15, 0.2) is 10.8 Å². The van der Waals surface area contributed by atoms with Crippen LogP contribution in [0, 0.1) is 0 Å². The number of fused-ring (bicyclic) bond motifs is 2. The van der Waals surface area contributed by atoms with Gasteiger partial charge in [0.2, 0.25) is 0 Å². The number of halogens is 1. The van der Waals surface area contributed by atoms with E-state index in [9.17, 15) is 4.79 Å². The molecule has 0 aliphatic carbocycles. The lowest BCUT2D eigenvalue weighted by molar-refractivity contribution is 0.0907. The number of aromatic nitrogens is 2. The molecule has 0 spiro atoms. The van der Waals surface area contributed by atoms with Gasteiger partial charge in [-0.2, -0.15) is 5.10 Å². The Labute approximate surface area is 121 Å². The molecule has 0 aromatic carbocycles. The summed E-state index contributed by atoms with van der Waals surface area (Å²) < 4.78 is 2.59. The van der Waals surface area contributed by atoms with E-state index in [-0.39, 0.29) is 17.5 Å². The van der Waals surface area contributed by atoms with Crippen molar-refractivity contribution in [2.75, 3.05) is 19.6 Å². The van der Waals surface area contributed by atoms with Gasteiger partial charge >= 0.3 is 0 Å². The van der Waals surface area contributed by atoms with Crippen LogP contribution in [0.25, 0.3) is 0 Å². The maximum Gasteiger partial charge on any atom is 0.256 e. The minimum Gasteiger partial charge on any atom is -0.345 e. The zero-order valence-corrected chi connectivity index (χ0v) is 12.9. The number of nitrogens with one attached hydrogen (secondary N) is 1. The number of amides is 1. The van der Waals surface area contributed by atoms with E-state index < -0.39 is 0 Å². The van der Waals surface area contributed by atoms with Crippen molar-refractivity contribution < 1.29 is 4.79 Å². The van der Waals surface area contributed by atoms with E-state index >= 15 is 0 Å². The van der Waals surface area contributed by atoms with Crippen LogP contribution in [0.4, 0.5) is 0 Å². The van der Waals surface area contributed by atoms with Gasteiger partial charge < -0.3 is 10.2 Å². The summed E-state index contributed by atoms with van der Waals surface area (Å²) in [5.41, 5.74) is 0.629. The first kappa shape index (κ1) is 13.1. The van der Waals surface area contributed by atoms with E-state index in [1.165, 1.54) is 0 Å². The molecule has 19 heavy (non-hydrogen) atoms. The summed E-state index contributed by atoms with van der Waals surface area (Å²) in [5.74, 6) is -0.0116. The van der Waals surface area contributed by atoms with Crippen molar-refractivity contribution in [3.05, 3.63) is 16.4 Å². The summed E-state index contributed by atoms with van der Waals surface area (Å²) in [7, 11) is 0. The van der Waals surface area contributed by atoms with E-state index in [4.69, 9.17) is 0 Å². The average Bonchev–Trinajstić information content (AvgIpc) is 3.01. The van der Waals surface area contributed by atoms with Crippen molar-refractivity contribution in [1.29, 1.82) is 0 Å². The lowest BCUT2D eigenvalue weighted by Crippen LogP contribution is -2.47. The van der Waals surface area contributed by atoms with Gasteiger partial charge in [-0.1, -0.05) is 0 Å². The molecule has 2 bridgehead atoms. The van der Waals surface area contributed by atoms with E-state index in [0.29, 0.717) is 5.56 Å². The predicted molar refractivity (Wildman–Crippen MR) is 76.2 cm³/mol. The molecular weight excluding hydrogens is 308 g/mol. The zero-order chi connectivity index (χ0) is 13.6. The first-order valence-electron chi connectivity index (χ1n) is 6.79. The fraction of sp³-hybridized carbons (Fsp3) is 0.692. The van der Waals surface area contributed by atoms with Gasteiger partial charge in [-0.25, -0.2) is 0 Å². The van der Waals surface area contributed by atoms with Crippen molar-refractivity contribution in [2.24, 2.45) is 0 Å². The molecule has 5 nitrogen and oxygen atoms in total. The topological polar surface area (TPSA) is 50.2 Å². The molecule has 1 N–H and O–H groups in total. The van der Waals surface area contributed by atoms with Crippen molar-refractivity contribution >= 4 is 21.8 Å². The Kier molecular flexibility index (Phi) is 3.17. The Hall–Kier alpha value is -0.880. The summed E-state index contributed by atoms with van der Waals surface area (Å²) in [5, 5.41) is 7.50. The molecule has 6 heteroatoms. The zero-order valence-electron chi connectivity index (χ0n) is 11.3. The first-order chi connectivity index (χ1) is 9.01. The summed E-state index contributed by atoms with van der Waals surface area (Å²) in [6.07, 6.45) is 3.78. The Morgan fingerprint density at radius 2 is 2.16 bits per heavy atom. The second kappa shape index (κ2) is 4.59. The van der Waals surface area contributed by atoms with Crippen LogP contribution in [0.2, 0.25) is 0 Å². The van der Waals surface area contributed by atoms with E-state index in [1.54, 1.807) is 6.20 Å². The highest BCUT2D eigenvalue weighted by atomic mass is 79.9. The molecule has 3 rings (SSSR count). The van der Waals surface area contributed by atoms with Gasteiger partial charge in [-0.3, -0.25) is 9.48 Å². The number of hydrogen-bond acceptors (Lipinski definition) is 3. The van der Waals surface area contributed by atoms with Crippen molar-refractivity contribution in [3.63, 3.8) is 0 Å². The molecule has 2 aliphatic heterocycles.